The van der Waals surface area contributed by atoms with E-state index in [0.717, 1.165) is 17.1 Å². The van der Waals surface area contributed by atoms with Crippen LogP contribution in [0.3, 0.4) is 0 Å². The maximum atomic E-state index is 5.83. The molecule has 2 aromatic rings. The lowest BCUT2D eigenvalue weighted by Gasteiger charge is -2.16. The zero-order valence-corrected chi connectivity index (χ0v) is 12.8. The van der Waals surface area contributed by atoms with E-state index >= 15 is 0 Å². The number of nitrogens with one attached hydrogen (secondary N) is 1. The smallest absolute Gasteiger partial charge is 0.253 e. The molecule has 1 aromatic heterocycles. The Labute approximate surface area is 124 Å². The third kappa shape index (κ3) is 3.72. The summed E-state index contributed by atoms with van der Waals surface area (Å²) in [5.74, 6) is 2.57. The Morgan fingerprint density at radius 3 is 2.67 bits per heavy atom. The van der Waals surface area contributed by atoms with Gasteiger partial charge in [-0.15, -0.1) is 10.2 Å². The normalized spacial score (nSPS) is 12.2. The zero-order valence-electron chi connectivity index (χ0n) is 12.8. The lowest BCUT2D eigenvalue weighted by Crippen LogP contribution is -2.14. The highest BCUT2D eigenvalue weighted by atomic mass is 16.5. The highest BCUT2D eigenvalue weighted by Crippen LogP contribution is 2.30. The topological polar surface area (TPSA) is 69.4 Å². The quantitative estimate of drug-likeness (QED) is 0.845. The molecular weight excluding hydrogens is 270 g/mol. The molecule has 1 aromatic carbocycles. The fourth-order valence-electron chi connectivity index (χ4n) is 1.91. The number of aryl methyl sites for hydroxylation is 1. The van der Waals surface area contributed by atoms with E-state index < -0.39 is 0 Å². The van der Waals surface area contributed by atoms with Crippen LogP contribution in [-0.4, -0.2) is 24.4 Å². The van der Waals surface area contributed by atoms with Crippen molar-refractivity contribution in [3.63, 3.8) is 0 Å². The first-order valence-corrected chi connectivity index (χ1v) is 6.97. The van der Waals surface area contributed by atoms with Crippen molar-refractivity contribution in [3.8, 4) is 11.5 Å². The fourth-order valence-corrected chi connectivity index (χ4v) is 1.91. The molecule has 0 saturated carbocycles. The monoisotopic (exact) mass is 291 g/mol. The number of rotatable bonds is 7. The van der Waals surface area contributed by atoms with Crippen LogP contribution in [0.25, 0.3) is 0 Å². The van der Waals surface area contributed by atoms with Gasteiger partial charge in [0.1, 0.15) is 11.5 Å². The van der Waals surface area contributed by atoms with E-state index in [1.807, 2.05) is 32.2 Å². The maximum Gasteiger partial charge on any atom is 0.253 e. The molecule has 0 bridgehead atoms. The third-order valence-corrected chi connectivity index (χ3v) is 3.28. The Balaban J connectivity index is 2.16. The number of aromatic nitrogens is 2. The van der Waals surface area contributed by atoms with Crippen molar-refractivity contribution in [1.82, 2.24) is 15.5 Å². The van der Waals surface area contributed by atoms with Gasteiger partial charge in [-0.3, -0.25) is 0 Å². The first-order chi connectivity index (χ1) is 10.2. The van der Waals surface area contributed by atoms with Crippen molar-refractivity contribution < 1.29 is 13.9 Å². The van der Waals surface area contributed by atoms with Crippen molar-refractivity contribution in [1.29, 1.82) is 0 Å². The summed E-state index contributed by atoms with van der Waals surface area (Å²) in [7, 11) is 3.54. The number of methoxy groups -OCH3 is 1. The Bertz CT molecular complexity index is 583. The molecule has 6 nitrogen and oxygen atoms in total. The summed E-state index contributed by atoms with van der Waals surface area (Å²) in [6.45, 7) is 4.27. The number of benzene rings is 1. The minimum atomic E-state index is 0.166. The Morgan fingerprint density at radius 1 is 1.29 bits per heavy atom. The molecule has 0 spiro atoms. The van der Waals surface area contributed by atoms with Gasteiger partial charge >= 0.3 is 0 Å². The molecule has 0 aliphatic heterocycles. The summed E-state index contributed by atoms with van der Waals surface area (Å²) in [6.07, 6.45) is 0.716. The molecule has 6 heteroatoms. The van der Waals surface area contributed by atoms with Crippen molar-refractivity contribution in [2.75, 3.05) is 14.2 Å². The number of hydrogen-bond acceptors (Lipinski definition) is 6. The SMILES string of the molecule is CCc1nnc(COc2cc(OC)ccc2C(C)NC)o1. The van der Waals surface area contributed by atoms with Crippen LogP contribution in [0.1, 0.15) is 37.2 Å². The average molecular weight is 291 g/mol. The van der Waals surface area contributed by atoms with Crippen molar-refractivity contribution in [3.05, 3.63) is 35.5 Å². The summed E-state index contributed by atoms with van der Waals surface area (Å²) in [5, 5.41) is 11.1. The van der Waals surface area contributed by atoms with Crippen LogP contribution in [0.5, 0.6) is 11.5 Å². The molecule has 21 heavy (non-hydrogen) atoms. The summed E-state index contributed by atoms with van der Waals surface area (Å²) < 4.78 is 16.5. The first kappa shape index (κ1) is 15.3. The van der Waals surface area contributed by atoms with Crippen LogP contribution in [0.4, 0.5) is 0 Å². The Hall–Kier alpha value is -2.08. The second-order valence-electron chi connectivity index (χ2n) is 4.65. The van der Waals surface area contributed by atoms with Crippen LogP contribution < -0.4 is 14.8 Å². The predicted octanol–water partition coefficient (Wildman–Crippen LogP) is 2.50. The van der Waals surface area contributed by atoms with Gasteiger partial charge in [0.25, 0.3) is 5.89 Å². The highest BCUT2D eigenvalue weighted by Gasteiger charge is 2.13. The zero-order chi connectivity index (χ0) is 15.2. The van der Waals surface area contributed by atoms with Gasteiger partial charge in [-0.25, -0.2) is 0 Å². The van der Waals surface area contributed by atoms with E-state index in [4.69, 9.17) is 13.9 Å². The lowest BCUT2D eigenvalue weighted by molar-refractivity contribution is 0.254. The fraction of sp³-hybridized carbons (Fsp3) is 0.467. The van der Waals surface area contributed by atoms with Gasteiger partial charge in [-0.05, 0) is 20.0 Å². The molecule has 0 saturated heterocycles. The lowest BCUT2D eigenvalue weighted by atomic mass is 10.1. The minimum Gasteiger partial charge on any atom is -0.497 e. The van der Waals surface area contributed by atoms with E-state index in [-0.39, 0.29) is 12.6 Å². The van der Waals surface area contributed by atoms with E-state index in [1.165, 1.54) is 0 Å². The molecule has 0 amide bonds. The Kier molecular flexibility index (Phi) is 5.16. The summed E-state index contributed by atoms with van der Waals surface area (Å²) in [5.41, 5.74) is 1.05. The molecule has 2 rings (SSSR count). The van der Waals surface area contributed by atoms with Crippen LogP contribution in [0, 0.1) is 0 Å². The van der Waals surface area contributed by atoms with E-state index in [2.05, 4.69) is 22.4 Å². The second kappa shape index (κ2) is 7.08. The summed E-state index contributed by atoms with van der Waals surface area (Å²) in [6, 6.07) is 5.93. The largest absolute Gasteiger partial charge is 0.497 e. The van der Waals surface area contributed by atoms with E-state index in [9.17, 15) is 0 Å². The summed E-state index contributed by atoms with van der Waals surface area (Å²) >= 11 is 0. The number of hydrogen-bond donors (Lipinski definition) is 1. The van der Waals surface area contributed by atoms with Crippen LogP contribution in [-0.2, 0) is 13.0 Å². The van der Waals surface area contributed by atoms with Crippen LogP contribution >= 0.6 is 0 Å². The molecule has 0 radical (unpaired) electrons. The molecule has 1 unspecified atom stereocenters. The number of ether oxygens (including phenoxy) is 2. The number of nitrogens with zero attached hydrogens (tertiary/aromatic N) is 2. The maximum absolute atomic E-state index is 5.83. The molecule has 1 atom stereocenters. The van der Waals surface area contributed by atoms with Gasteiger partial charge in [0.2, 0.25) is 5.89 Å². The van der Waals surface area contributed by atoms with E-state index in [1.54, 1.807) is 7.11 Å². The van der Waals surface area contributed by atoms with Gasteiger partial charge in [0, 0.05) is 24.1 Å². The van der Waals surface area contributed by atoms with Crippen molar-refractivity contribution in [2.24, 2.45) is 0 Å². The third-order valence-electron chi connectivity index (χ3n) is 3.28. The van der Waals surface area contributed by atoms with Gasteiger partial charge in [-0.2, -0.15) is 0 Å². The van der Waals surface area contributed by atoms with Crippen molar-refractivity contribution >= 4 is 0 Å². The molecule has 0 aliphatic rings. The molecular formula is C15H21N3O3. The molecule has 114 valence electrons. The Morgan fingerprint density at radius 2 is 2.05 bits per heavy atom. The average Bonchev–Trinajstić information content (AvgIpc) is 3.00. The van der Waals surface area contributed by atoms with Gasteiger partial charge in [-0.1, -0.05) is 13.0 Å². The van der Waals surface area contributed by atoms with Crippen LogP contribution in [0.15, 0.2) is 22.6 Å². The van der Waals surface area contributed by atoms with Gasteiger partial charge in [0.05, 0.1) is 7.11 Å². The minimum absolute atomic E-state index is 0.166. The highest BCUT2D eigenvalue weighted by molar-refractivity contribution is 5.42. The van der Waals surface area contributed by atoms with Crippen LogP contribution in [0.2, 0.25) is 0 Å². The van der Waals surface area contributed by atoms with Crippen molar-refractivity contribution in [2.45, 2.75) is 32.9 Å². The predicted molar refractivity (Wildman–Crippen MR) is 78.5 cm³/mol. The standard InChI is InChI=1S/C15H21N3O3/c1-5-14-17-18-15(21-14)9-20-13-8-11(19-4)6-7-12(13)10(2)16-3/h6-8,10,16H,5,9H2,1-4H3. The second-order valence-corrected chi connectivity index (χ2v) is 4.65. The van der Waals surface area contributed by atoms with Gasteiger partial charge in [0.15, 0.2) is 6.61 Å². The van der Waals surface area contributed by atoms with E-state index in [0.29, 0.717) is 18.2 Å². The molecule has 1 N–H and O–H groups in total. The van der Waals surface area contributed by atoms with Gasteiger partial charge < -0.3 is 19.2 Å². The molecule has 0 fully saturated rings. The first-order valence-electron chi connectivity index (χ1n) is 6.97. The molecule has 0 aliphatic carbocycles. The summed E-state index contributed by atoms with van der Waals surface area (Å²) in [4.78, 5) is 0. The molecule has 1 heterocycles.